The monoisotopic (exact) mass is 275 g/mol. The number of likely N-dealkylation sites (N-methyl/N-ethyl adjacent to an activating group) is 1. The van der Waals surface area contributed by atoms with Crippen LogP contribution in [0, 0.1) is 5.82 Å². The van der Waals surface area contributed by atoms with Gasteiger partial charge in [-0.3, -0.25) is 0 Å². The van der Waals surface area contributed by atoms with Crippen LogP contribution in [0.2, 0.25) is 5.02 Å². The van der Waals surface area contributed by atoms with E-state index in [0.29, 0.717) is 24.5 Å². The second kappa shape index (κ2) is 7.41. The number of anilines is 2. The zero-order valence-electron chi connectivity index (χ0n) is 10.7. The van der Waals surface area contributed by atoms with Crippen molar-refractivity contribution in [3.8, 4) is 0 Å². The van der Waals surface area contributed by atoms with Gasteiger partial charge in [0, 0.05) is 32.8 Å². The summed E-state index contributed by atoms with van der Waals surface area (Å²) in [4.78, 5) is 2.11. The van der Waals surface area contributed by atoms with Crippen molar-refractivity contribution in [3.63, 3.8) is 0 Å². The molecular weight excluding hydrogens is 257 g/mol. The van der Waals surface area contributed by atoms with Gasteiger partial charge in [-0.2, -0.15) is 0 Å². The van der Waals surface area contributed by atoms with Gasteiger partial charge in [-0.05, 0) is 13.1 Å². The van der Waals surface area contributed by atoms with Gasteiger partial charge < -0.3 is 20.7 Å². The molecule has 0 radical (unpaired) electrons. The number of rotatable bonds is 7. The number of hydrogen-bond acceptors (Lipinski definition) is 4. The minimum Gasteiger partial charge on any atom is -0.397 e. The second-order valence-corrected chi connectivity index (χ2v) is 4.48. The lowest BCUT2D eigenvalue weighted by molar-refractivity contribution is 0.163. The van der Waals surface area contributed by atoms with E-state index in [9.17, 15) is 4.39 Å². The Morgan fingerprint density at radius 1 is 1.44 bits per heavy atom. The summed E-state index contributed by atoms with van der Waals surface area (Å²) in [5.41, 5.74) is 6.75. The fraction of sp³-hybridized carbons (Fsp3) is 0.500. The molecule has 3 N–H and O–H groups in total. The predicted octanol–water partition coefficient (Wildman–Crippen LogP) is 2.05. The summed E-state index contributed by atoms with van der Waals surface area (Å²) in [6.07, 6.45) is 0. The number of ether oxygens (including phenoxy) is 1. The van der Waals surface area contributed by atoms with E-state index in [1.165, 1.54) is 12.1 Å². The summed E-state index contributed by atoms with van der Waals surface area (Å²) in [6.45, 7) is 3.02. The summed E-state index contributed by atoms with van der Waals surface area (Å²) in [6, 6.07) is 2.72. The van der Waals surface area contributed by atoms with Crippen molar-refractivity contribution in [1.82, 2.24) is 4.90 Å². The van der Waals surface area contributed by atoms with E-state index in [4.69, 9.17) is 22.1 Å². The van der Waals surface area contributed by atoms with Gasteiger partial charge in [0.15, 0.2) is 0 Å². The van der Waals surface area contributed by atoms with Crippen molar-refractivity contribution in [1.29, 1.82) is 0 Å². The summed E-state index contributed by atoms with van der Waals surface area (Å²) in [7, 11) is 3.66. The highest BCUT2D eigenvalue weighted by Crippen LogP contribution is 2.25. The molecule has 0 bridgehead atoms. The molecule has 0 saturated heterocycles. The molecule has 18 heavy (non-hydrogen) atoms. The maximum absolute atomic E-state index is 13.3. The van der Waals surface area contributed by atoms with Crippen LogP contribution in [0.15, 0.2) is 12.1 Å². The van der Waals surface area contributed by atoms with Gasteiger partial charge in [-0.15, -0.1) is 0 Å². The number of benzene rings is 1. The maximum Gasteiger partial charge on any atom is 0.143 e. The first-order valence-electron chi connectivity index (χ1n) is 5.70. The lowest BCUT2D eigenvalue weighted by atomic mass is 10.2. The van der Waals surface area contributed by atoms with Crippen LogP contribution in [0.25, 0.3) is 0 Å². The Labute approximate surface area is 112 Å². The van der Waals surface area contributed by atoms with E-state index < -0.39 is 5.82 Å². The molecule has 102 valence electrons. The minimum atomic E-state index is -0.471. The van der Waals surface area contributed by atoms with Crippen LogP contribution in [0.3, 0.4) is 0 Å². The van der Waals surface area contributed by atoms with Crippen LogP contribution >= 0.6 is 11.6 Å². The molecule has 6 heteroatoms. The number of nitrogen functional groups attached to an aromatic ring is 1. The van der Waals surface area contributed by atoms with Crippen molar-refractivity contribution < 1.29 is 9.13 Å². The standard InChI is InChI=1S/C12H19ClFN3O/c1-17(5-6-18-2)4-3-16-12-8-10(14)9(13)7-11(12)15/h7-8,16H,3-6,15H2,1-2H3. The molecule has 0 aliphatic heterocycles. The van der Waals surface area contributed by atoms with Crippen LogP contribution in [0.4, 0.5) is 15.8 Å². The molecule has 0 aromatic heterocycles. The molecule has 0 spiro atoms. The van der Waals surface area contributed by atoms with Crippen LogP contribution in [-0.2, 0) is 4.74 Å². The normalized spacial score (nSPS) is 10.9. The van der Waals surface area contributed by atoms with Crippen LogP contribution in [0.5, 0.6) is 0 Å². The summed E-state index contributed by atoms with van der Waals surface area (Å²) in [5, 5.41) is 3.12. The Hall–Kier alpha value is -1.04. The molecule has 0 heterocycles. The van der Waals surface area contributed by atoms with Crippen LogP contribution < -0.4 is 11.1 Å². The average molecular weight is 276 g/mol. The van der Waals surface area contributed by atoms with E-state index >= 15 is 0 Å². The number of methoxy groups -OCH3 is 1. The van der Waals surface area contributed by atoms with Crippen molar-refractivity contribution in [2.24, 2.45) is 0 Å². The van der Waals surface area contributed by atoms with Gasteiger partial charge >= 0.3 is 0 Å². The van der Waals surface area contributed by atoms with E-state index in [2.05, 4.69) is 10.2 Å². The number of halogens is 2. The van der Waals surface area contributed by atoms with E-state index in [-0.39, 0.29) is 5.02 Å². The minimum absolute atomic E-state index is 0.0373. The first-order chi connectivity index (χ1) is 8.54. The molecule has 0 amide bonds. The molecule has 0 atom stereocenters. The smallest absolute Gasteiger partial charge is 0.143 e. The largest absolute Gasteiger partial charge is 0.397 e. The van der Waals surface area contributed by atoms with Gasteiger partial charge in [0.25, 0.3) is 0 Å². The second-order valence-electron chi connectivity index (χ2n) is 4.08. The Kier molecular flexibility index (Phi) is 6.18. The summed E-state index contributed by atoms with van der Waals surface area (Å²) >= 11 is 5.62. The molecule has 0 aliphatic carbocycles. The Balaban J connectivity index is 2.42. The number of nitrogens with zero attached hydrogens (tertiary/aromatic N) is 1. The Bertz CT molecular complexity index is 390. The highest BCUT2D eigenvalue weighted by Gasteiger charge is 2.06. The summed E-state index contributed by atoms with van der Waals surface area (Å²) < 4.78 is 18.2. The highest BCUT2D eigenvalue weighted by atomic mass is 35.5. The fourth-order valence-electron chi connectivity index (χ4n) is 1.46. The molecule has 1 aromatic rings. The fourth-order valence-corrected chi connectivity index (χ4v) is 1.63. The average Bonchev–Trinajstić information content (AvgIpc) is 2.33. The van der Waals surface area contributed by atoms with Crippen molar-refractivity contribution >= 4 is 23.0 Å². The van der Waals surface area contributed by atoms with Gasteiger partial charge in [-0.25, -0.2) is 4.39 Å². The van der Waals surface area contributed by atoms with E-state index in [1.54, 1.807) is 7.11 Å². The predicted molar refractivity (Wildman–Crippen MR) is 73.7 cm³/mol. The van der Waals surface area contributed by atoms with Crippen LogP contribution in [-0.4, -0.2) is 45.3 Å². The number of nitrogens with two attached hydrogens (primary N) is 1. The first kappa shape index (κ1) is 15.0. The van der Waals surface area contributed by atoms with E-state index in [1.807, 2.05) is 7.05 Å². The molecule has 1 aromatic carbocycles. The van der Waals surface area contributed by atoms with Crippen molar-refractivity contribution in [2.75, 3.05) is 51.4 Å². The van der Waals surface area contributed by atoms with E-state index in [0.717, 1.165) is 13.1 Å². The molecule has 0 fully saturated rings. The number of hydrogen-bond donors (Lipinski definition) is 2. The highest BCUT2D eigenvalue weighted by molar-refractivity contribution is 6.31. The zero-order valence-corrected chi connectivity index (χ0v) is 11.4. The van der Waals surface area contributed by atoms with Crippen molar-refractivity contribution in [3.05, 3.63) is 23.0 Å². The molecular formula is C12H19ClFN3O. The van der Waals surface area contributed by atoms with Gasteiger partial charge in [0.1, 0.15) is 5.82 Å². The molecule has 1 rings (SSSR count). The van der Waals surface area contributed by atoms with Crippen molar-refractivity contribution in [2.45, 2.75) is 0 Å². The maximum atomic E-state index is 13.3. The van der Waals surface area contributed by atoms with Gasteiger partial charge in [0.2, 0.25) is 0 Å². The zero-order chi connectivity index (χ0) is 13.5. The van der Waals surface area contributed by atoms with Gasteiger partial charge in [-0.1, -0.05) is 11.6 Å². The Morgan fingerprint density at radius 3 is 2.83 bits per heavy atom. The van der Waals surface area contributed by atoms with Gasteiger partial charge in [0.05, 0.1) is 23.0 Å². The quantitative estimate of drug-likeness (QED) is 0.748. The van der Waals surface area contributed by atoms with Crippen LogP contribution in [0.1, 0.15) is 0 Å². The molecule has 0 unspecified atom stereocenters. The Morgan fingerprint density at radius 2 is 2.17 bits per heavy atom. The topological polar surface area (TPSA) is 50.5 Å². The number of nitrogens with one attached hydrogen (secondary N) is 1. The molecule has 4 nitrogen and oxygen atoms in total. The molecule has 0 saturated carbocycles. The lowest BCUT2D eigenvalue weighted by Crippen LogP contribution is -2.28. The third-order valence-corrected chi connectivity index (χ3v) is 2.87. The SMILES string of the molecule is COCCN(C)CCNc1cc(F)c(Cl)cc1N. The molecule has 0 aliphatic rings. The third kappa shape index (κ3) is 4.68. The third-order valence-electron chi connectivity index (χ3n) is 2.58. The first-order valence-corrected chi connectivity index (χ1v) is 6.08. The summed E-state index contributed by atoms with van der Waals surface area (Å²) in [5.74, 6) is -0.471. The lowest BCUT2D eigenvalue weighted by Gasteiger charge is -2.17.